The molecule has 0 N–H and O–H groups in total. The van der Waals surface area contributed by atoms with Gasteiger partial charge in [-0.1, -0.05) is 12.1 Å². The molecule has 2 aliphatic rings. The minimum absolute atomic E-state index is 0.371. The van der Waals surface area contributed by atoms with Crippen molar-refractivity contribution in [3.8, 4) is 6.07 Å². The van der Waals surface area contributed by atoms with Crippen LogP contribution in [0.15, 0.2) is 18.2 Å². The maximum absolute atomic E-state index is 9.56. The van der Waals surface area contributed by atoms with Crippen LogP contribution in [0, 0.1) is 11.3 Å². The molecule has 1 aromatic carbocycles. The van der Waals surface area contributed by atoms with Crippen molar-refractivity contribution >= 4 is 12.6 Å². The van der Waals surface area contributed by atoms with Crippen LogP contribution in [0.4, 0.5) is 0 Å². The Morgan fingerprint density at radius 2 is 1.70 bits per heavy atom. The molecule has 0 saturated carbocycles. The number of hydrogen-bond acceptors (Lipinski definition) is 4. The molecule has 4 nitrogen and oxygen atoms in total. The molecule has 2 aliphatic heterocycles. The van der Waals surface area contributed by atoms with Gasteiger partial charge in [0, 0.05) is 13.2 Å². The fourth-order valence-corrected chi connectivity index (χ4v) is 3.16. The smallest absolute Gasteiger partial charge is 0.399 e. The molecular formula is C18H24BNO3. The molecule has 0 bridgehead atoms. The first-order valence-electron chi connectivity index (χ1n) is 8.31. The average molecular weight is 313 g/mol. The van der Waals surface area contributed by atoms with E-state index in [1.54, 1.807) is 0 Å². The minimum Gasteiger partial charge on any atom is -0.399 e. The highest BCUT2D eigenvalue weighted by Crippen LogP contribution is 2.37. The van der Waals surface area contributed by atoms with Crippen LogP contribution in [0.3, 0.4) is 0 Å². The summed E-state index contributed by atoms with van der Waals surface area (Å²) in [7, 11) is -0.421. The zero-order chi connectivity index (χ0) is 16.7. The number of nitrogens with zero attached hydrogens (tertiary/aromatic N) is 1. The molecule has 2 heterocycles. The Labute approximate surface area is 138 Å². The van der Waals surface area contributed by atoms with Crippen LogP contribution in [0.2, 0.25) is 0 Å². The summed E-state index contributed by atoms with van der Waals surface area (Å²) in [5.74, 6) is 0.408. The van der Waals surface area contributed by atoms with Crippen LogP contribution in [0.5, 0.6) is 0 Å². The van der Waals surface area contributed by atoms with Crippen LogP contribution in [0.1, 0.15) is 57.6 Å². The predicted molar refractivity (Wildman–Crippen MR) is 89.7 cm³/mol. The van der Waals surface area contributed by atoms with Crippen molar-refractivity contribution in [1.82, 2.24) is 0 Å². The highest BCUT2D eigenvalue weighted by Gasteiger charge is 2.51. The lowest BCUT2D eigenvalue weighted by molar-refractivity contribution is 0.00578. The summed E-state index contributed by atoms with van der Waals surface area (Å²) >= 11 is 0. The number of benzene rings is 1. The van der Waals surface area contributed by atoms with Crippen molar-refractivity contribution in [2.24, 2.45) is 0 Å². The van der Waals surface area contributed by atoms with Crippen molar-refractivity contribution in [2.75, 3.05) is 13.2 Å². The molecule has 0 radical (unpaired) electrons. The predicted octanol–water partition coefficient (Wildman–Crippen LogP) is 2.75. The normalized spacial score (nSPS) is 23.7. The number of nitriles is 1. The maximum atomic E-state index is 9.56. The van der Waals surface area contributed by atoms with Crippen LogP contribution in [-0.2, 0) is 14.0 Å². The fourth-order valence-electron chi connectivity index (χ4n) is 3.16. The van der Waals surface area contributed by atoms with E-state index in [9.17, 15) is 5.26 Å². The van der Waals surface area contributed by atoms with Crippen molar-refractivity contribution in [3.05, 3.63) is 29.3 Å². The first-order chi connectivity index (χ1) is 10.8. The van der Waals surface area contributed by atoms with Gasteiger partial charge in [0.1, 0.15) is 0 Å². The third-order valence-corrected chi connectivity index (χ3v) is 5.38. The summed E-state index contributed by atoms with van der Waals surface area (Å²) < 4.78 is 17.6. The molecular weight excluding hydrogens is 289 g/mol. The lowest BCUT2D eigenvalue weighted by atomic mass is 9.76. The van der Waals surface area contributed by atoms with Gasteiger partial charge < -0.3 is 14.0 Å². The standard InChI is InChI=1S/C18H24BNO3/c1-17(2)18(3,4)23-19(22-17)15-5-6-16(14(11-15)12-20)13-7-9-21-10-8-13/h5-6,11,13H,7-10H2,1-4H3. The molecule has 0 atom stereocenters. The molecule has 0 spiro atoms. The van der Waals surface area contributed by atoms with Gasteiger partial charge in [-0.15, -0.1) is 0 Å². The van der Waals surface area contributed by atoms with Crippen LogP contribution < -0.4 is 5.46 Å². The van der Waals surface area contributed by atoms with Gasteiger partial charge >= 0.3 is 7.12 Å². The van der Waals surface area contributed by atoms with Crippen molar-refractivity contribution in [2.45, 2.75) is 57.7 Å². The lowest BCUT2D eigenvalue weighted by Crippen LogP contribution is -2.41. The number of hydrogen-bond donors (Lipinski definition) is 0. The van der Waals surface area contributed by atoms with E-state index in [0.717, 1.165) is 42.6 Å². The largest absolute Gasteiger partial charge is 0.494 e. The van der Waals surface area contributed by atoms with Crippen LogP contribution in [-0.4, -0.2) is 31.5 Å². The minimum atomic E-state index is -0.421. The summed E-state index contributed by atoms with van der Waals surface area (Å²) in [4.78, 5) is 0. The van der Waals surface area contributed by atoms with Crippen molar-refractivity contribution < 1.29 is 14.0 Å². The van der Waals surface area contributed by atoms with E-state index in [2.05, 4.69) is 12.1 Å². The Bertz CT molecular complexity index is 614. The van der Waals surface area contributed by atoms with E-state index in [-0.39, 0.29) is 11.2 Å². The summed E-state index contributed by atoms with van der Waals surface area (Å²) in [6.45, 7) is 9.69. The molecule has 122 valence electrons. The van der Waals surface area contributed by atoms with Crippen molar-refractivity contribution in [1.29, 1.82) is 5.26 Å². The van der Waals surface area contributed by atoms with Gasteiger partial charge in [0.2, 0.25) is 0 Å². The summed E-state index contributed by atoms with van der Waals surface area (Å²) in [5.41, 5.74) is 2.02. The van der Waals surface area contributed by atoms with Gasteiger partial charge in [-0.25, -0.2) is 0 Å². The molecule has 0 aliphatic carbocycles. The molecule has 5 heteroatoms. The van der Waals surface area contributed by atoms with E-state index < -0.39 is 7.12 Å². The molecule has 0 amide bonds. The van der Waals surface area contributed by atoms with E-state index in [1.807, 2.05) is 39.8 Å². The van der Waals surface area contributed by atoms with Crippen molar-refractivity contribution in [3.63, 3.8) is 0 Å². The Balaban J connectivity index is 1.87. The Morgan fingerprint density at radius 1 is 1.09 bits per heavy atom. The molecule has 2 saturated heterocycles. The molecule has 3 rings (SSSR count). The Morgan fingerprint density at radius 3 is 2.26 bits per heavy atom. The molecule has 2 fully saturated rings. The first kappa shape index (κ1) is 16.5. The van der Waals surface area contributed by atoms with E-state index in [0.29, 0.717) is 5.92 Å². The number of rotatable bonds is 2. The van der Waals surface area contributed by atoms with Gasteiger partial charge in [-0.3, -0.25) is 0 Å². The third kappa shape index (κ3) is 3.04. The third-order valence-electron chi connectivity index (χ3n) is 5.38. The van der Waals surface area contributed by atoms with E-state index >= 15 is 0 Å². The monoisotopic (exact) mass is 313 g/mol. The fraction of sp³-hybridized carbons (Fsp3) is 0.611. The second-order valence-corrected chi connectivity index (χ2v) is 7.43. The first-order valence-corrected chi connectivity index (χ1v) is 8.31. The summed E-state index contributed by atoms with van der Waals surface area (Å²) in [6, 6.07) is 8.37. The van der Waals surface area contributed by atoms with Gasteiger partial charge in [-0.05, 0) is 63.5 Å². The SMILES string of the molecule is CC1(C)OB(c2ccc(C3CCOCC3)c(C#N)c2)OC1(C)C. The van der Waals surface area contributed by atoms with Gasteiger partial charge in [-0.2, -0.15) is 5.26 Å². The lowest BCUT2D eigenvalue weighted by Gasteiger charge is -2.32. The molecule has 0 unspecified atom stereocenters. The second-order valence-electron chi connectivity index (χ2n) is 7.43. The Hall–Kier alpha value is -1.35. The van der Waals surface area contributed by atoms with Gasteiger partial charge in [0.15, 0.2) is 0 Å². The highest BCUT2D eigenvalue weighted by atomic mass is 16.7. The van der Waals surface area contributed by atoms with Gasteiger partial charge in [0.25, 0.3) is 0 Å². The second kappa shape index (κ2) is 5.94. The molecule has 23 heavy (non-hydrogen) atoms. The van der Waals surface area contributed by atoms with Crippen LogP contribution in [0.25, 0.3) is 0 Å². The zero-order valence-electron chi connectivity index (χ0n) is 14.4. The summed E-state index contributed by atoms with van der Waals surface area (Å²) in [5, 5.41) is 9.56. The maximum Gasteiger partial charge on any atom is 0.494 e. The highest BCUT2D eigenvalue weighted by molar-refractivity contribution is 6.62. The zero-order valence-corrected chi connectivity index (χ0v) is 14.4. The average Bonchev–Trinajstić information content (AvgIpc) is 2.75. The van der Waals surface area contributed by atoms with Gasteiger partial charge in [0.05, 0.1) is 22.8 Å². The number of ether oxygens (including phenoxy) is 1. The van der Waals surface area contributed by atoms with E-state index in [1.165, 1.54) is 0 Å². The Kier molecular flexibility index (Phi) is 4.26. The van der Waals surface area contributed by atoms with E-state index in [4.69, 9.17) is 14.0 Å². The molecule has 0 aromatic heterocycles. The van der Waals surface area contributed by atoms with Crippen LogP contribution >= 0.6 is 0 Å². The molecule has 1 aromatic rings. The topological polar surface area (TPSA) is 51.5 Å². The quantitative estimate of drug-likeness (QED) is 0.788. The summed E-state index contributed by atoms with van der Waals surface area (Å²) in [6.07, 6.45) is 1.95.